The Hall–Kier alpha value is -4.06. The summed E-state index contributed by atoms with van der Waals surface area (Å²) in [4.78, 5) is 28.4. The molecule has 2 fully saturated rings. The van der Waals surface area contributed by atoms with Crippen LogP contribution in [0, 0.1) is 24.0 Å². The summed E-state index contributed by atoms with van der Waals surface area (Å²) < 4.78 is 29.6. The number of hydrogen-bond donors (Lipinski definition) is 1. The quantitative estimate of drug-likeness (QED) is 0.505. The smallest absolute Gasteiger partial charge is 0.246 e. The number of halogens is 2. The van der Waals surface area contributed by atoms with Crippen molar-refractivity contribution in [3.05, 3.63) is 60.4 Å². The number of hydrogen-bond acceptors (Lipinski definition) is 6. The number of likely N-dealkylation sites (tertiary alicyclic amines) is 1. The van der Waals surface area contributed by atoms with Gasteiger partial charge >= 0.3 is 0 Å². The summed E-state index contributed by atoms with van der Waals surface area (Å²) in [7, 11) is 0. The maximum Gasteiger partial charge on any atom is 0.246 e. The summed E-state index contributed by atoms with van der Waals surface area (Å²) in [5, 5.41) is 2.90. The SMILES string of the molecule is C#Cc1cccc(Nc2ncnc3cc(F)c(N4C[C@@H]5C[C@H]4CN5C(=O)C=C)nc23)c1F. The molecule has 0 aliphatic carbocycles. The van der Waals surface area contributed by atoms with Gasteiger partial charge in [-0.25, -0.2) is 23.7 Å². The normalized spacial score (nSPS) is 19.3. The molecule has 9 heteroatoms. The van der Waals surface area contributed by atoms with Gasteiger partial charge < -0.3 is 15.1 Å². The molecule has 2 aliphatic rings. The second-order valence-electron chi connectivity index (χ2n) is 7.71. The summed E-state index contributed by atoms with van der Waals surface area (Å²) in [6.45, 7) is 4.49. The summed E-state index contributed by atoms with van der Waals surface area (Å²) in [6.07, 6.45) is 8.63. The van der Waals surface area contributed by atoms with Gasteiger partial charge in [0.05, 0.1) is 28.9 Å². The van der Waals surface area contributed by atoms with E-state index in [-0.39, 0.29) is 46.4 Å². The average Bonchev–Trinajstić information content (AvgIpc) is 3.41. The maximum atomic E-state index is 15.0. The van der Waals surface area contributed by atoms with Gasteiger partial charge in [-0.15, -0.1) is 6.42 Å². The summed E-state index contributed by atoms with van der Waals surface area (Å²) in [5.74, 6) is 1.45. The summed E-state index contributed by atoms with van der Waals surface area (Å²) in [5.41, 5.74) is 0.827. The fourth-order valence-corrected chi connectivity index (χ4v) is 4.43. The number of rotatable bonds is 4. The van der Waals surface area contributed by atoms with Gasteiger partial charge in [0.2, 0.25) is 5.91 Å². The lowest BCUT2D eigenvalue weighted by atomic mass is 10.2. The fraction of sp³-hybridized carbons (Fsp3) is 0.217. The Morgan fingerprint density at radius 3 is 2.84 bits per heavy atom. The van der Waals surface area contributed by atoms with Crippen LogP contribution in [-0.4, -0.2) is 50.9 Å². The molecular weight excluding hydrogens is 414 g/mol. The molecule has 32 heavy (non-hydrogen) atoms. The number of nitrogens with zero attached hydrogens (tertiary/aromatic N) is 5. The number of pyridine rings is 1. The molecule has 1 aromatic carbocycles. The molecule has 2 bridgehead atoms. The van der Waals surface area contributed by atoms with Gasteiger partial charge in [0.15, 0.2) is 23.3 Å². The van der Waals surface area contributed by atoms with Crippen molar-refractivity contribution in [3.63, 3.8) is 0 Å². The Labute approximate surface area is 182 Å². The van der Waals surface area contributed by atoms with E-state index in [0.29, 0.717) is 18.6 Å². The maximum absolute atomic E-state index is 15.0. The highest BCUT2D eigenvalue weighted by atomic mass is 19.1. The van der Waals surface area contributed by atoms with Crippen LogP contribution in [0.15, 0.2) is 43.2 Å². The van der Waals surface area contributed by atoms with Gasteiger partial charge in [-0.05, 0) is 24.6 Å². The molecule has 5 rings (SSSR count). The molecule has 2 atom stereocenters. The van der Waals surface area contributed by atoms with Gasteiger partial charge in [-0.3, -0.25) is 4.79 Å². The lowest BCUT2D eigenvalue weighted by Crippen LogP contribution is -2.48. The van der Waals surface area contributed by atoms with Crippen LogP contribution in [-0.2, 0) is 4.79 Å². The van der Waals surface area contributed by atoms with Crippen molar-refractivity contribution in [2.45, 2.75) is 18.5 Å². The zero-order valence-corrected chi connectivity index (χ0v) is 16.9. The van der Waals surface area contributed by atoms with Crippen molar-refractivity contribution in [3.8, 4) is 12.3 Å². The first-order valence-corrected chi connectivity index (χ1v) is 10.0. The number of anilines is 3. The van der Waals surface area contributed by atoms with Crippen LogP contribution in [0.3, 0.4) is 0 Å². The highest BCUT2D eigenvalue weighted by Gasteiger charge is 2.45. The largest absolute Gasteiger partial charge is 0.347 e. The number of piperazine rings is 1. The molecule has 0 spiro atoms. The van der Waals surface area contributed by atoms with Crippen molar-refractivity contribution in [1.29, 1.82) is 0 Å². The minimum atomic E-state index is -0.590. The Morgan fingerprint density at radius 1 is 1.28 bits per heavy atom. The molecule has 0 saturated carbocycles. The minimum Gasteiger partial charge on any atom is -0.347 e. The van der Waals surface area contributed by atoms with Crippen molar-refractivity contribution >= 4 is 34.3 Å². The molecule has 1 N–H and O–H groups in total. The second kappa shape index (κ2) is 7.57. The predicted octanol–water partition coefficient (Wildman–Crippen LogP) is 3.00. The number of fused-ring (bicyclic) bond motifs is 3. The first kappa shape index (κ1) is 19.9. The number of terminal acetylenes is 1. The summed E-state index contributed by atoms with van der Waals surface area (Å²) >= 11 is 0. The molecule has 2 aliphatic heterocycles. The van der Waals surface area contributed by atoms with E-state index in [1.807, 2.05) is 4.90 Å². The van der Waals surface area contributed by atoms with E-state index in [2.05, 4.69) is 32.8 Å². The average molecular weight is 432 g/mol. The van der Waals surface area contributed by atoms with Crippen LogP contribution in [0.1, 0.15) is 12.0 Å². The summed E-state index contributed by atoms with van der Waals surface area (Å²) in [6, 6.07) is 5.87. The number of amides is 1. The van der Waals surface area contributed by atoms with Crippen LogP contribution in [0.25, 0.3) is 11.0 Å². The molecule has 0 unspecified atom stereocenters. The van der Waals surface area contributed by atoms with Gasteiger partial charge in [0.1, 0.15) is 11.8 Å². The third kappa shape index (κ3) is 3.12. The Bertz CT molecular complexity index is 1300. The van der Waals surface area contributed by atoms with Crippen LogP contribution in [0.5, 0.6) is 0 Å². The molecule has 3 aromatic rings. The van der Waals surface area contributed by atoms with Crippen LogP contribution >= 0.6 is 0 Å². The number of carbonyl (C=O) groups is 1. The zero-order chi connectivity index (χ0) is 22.4. The van der Waals surface area contributed by atoms with Gasteiger partial charge in [0, 0.05) is 19.2 Å². The number of benzene rings is 1. The highest BCUT2D eigenvalue weighted by molar-refractivity contribution is 5.89. The highest BCUT2D eigenvalue weighted by Crippen LogP contribution is 2.36. The molecule has 4 heterocycles. The van der Waals surface area contributed by atoms with Gasteiger partial charge in [-0.2, -0.15) is 0 Å². The first-order chi connectivity index (χ1) is 15.5. The van der Waals surface area contributed by atoms with E-state index in [1.165, 1.54) is 30.6 Å². The molecule has 7 nitrogen and oxygen atoms in total. The zero-order valence-electron chi connectivity index (χ0n) is 16.9. The van der Waals surface area contributed by atoms with Gasteiger partial charge in [-0.1, -0.05) is 18.6 Å². The van der Waals surface area contributed by atoms with Crippen molar-refractivity contribution in [2.75, 3.05) is 23.3 Å². The molecule has 160 valence electrons. The monoisotopic (exact) mass is 432 g/mol. The Kier molecular flexibility index (Phi) is 4.70. The van der Waals surface area contributed by atoms with Crippen molar-refractivity contribution in [1.82, 2.24) is 19.9 Å². The Balaban J connectivity index is 1.51. The van der Waals surface area contributed by atoms with Gasteiger partial charge in [0.25, 0.3) is 0 Å². The molecule has 0 radical (unpaired) electrons. The van der Waals surface area contributed by atoms with Crippen LogP contribution < -0.4 is 10.2 Å². The molecule has 2 saturated heterocycles. The number of carbonyl (C=O) groups excluding carboxylic acids is 1. The van der Waals surface area contributed by atoms with E-state index in [1.54, 1.807) is 11.0 Å². The fourth-order valence-electron chi connectivity index (χ4n) is 4.43. The second-order valence-corrected chi connectivity index (χ2v) is 7.71. The third-order valence-electron chi connectivity index (χ3n) is 5.92. The van der Waals surface area contributed by atoms with E-state index in [0.717, 1.165) is 6.42 Å². The Morgan fingerprint density at radius 2 is 2.12 bits per heavy atom. The number of aromatic nitrogens is 3. The van der Waals surface area contributed by atoms with E-state index in [4.69, 9.17) is 6.42 Å². The topological polar surface area (TPSA) is 74.2 Å². The molecular formula is C23H18F2N6O. The predicted molar refractivity (Wildman–Crippen MR) is 116 cm³/mol. The van der Waals surface area contributed by atoms with E-state index in [9.17, 15) is 13.6 Å². The molecule has 2 aromatic heterocycles. The van der Waals surface area contributed by atoms with Crippen molar-refractivity contribution < 1.29 is 13.6 Å². The minimum absolute atomic E-state index is 0.0207. The molecule has 1 amide bonds. The lowest BCUT2D eigenvalue weighted by molar-refractivity contribution is -0.127. The first-order valence-electron chi connectivity index (χ1n) is 10.0. The van der Waals surface area contributed by atoms with E-state index < -0.39 is 11.6 Å². The number of nitrogens with one attached hydrogen (secondary N) is 1. The third-order valence-corrected chi connectivity index (χ3v) is 5.92. The standard InChI is InChI=1S/C23H18F2N6O/c1-3-13-6-5-7-17(20(13)25)28-22-21-18(26-12-27-22)9-16(24)23(29-21)31-11-14-8-15(31)10-30(14)19(32)4-2/h1,4-7,9,12,14-15H,2,8,10-11H2,(H,26,27,28)/t14-,15-/m0/s1. The lowest BCUT2D eigenvalue weighted by Gasteiger charge is -2.34. The van der Waals surface area contributed by atoms with Crippen LogP contribution in [0.4, 0.5) is 26.1 Å². The van der Waals surface area contributed by atoms with E-state index >= 15 is 0 Å². The van der Waals surface area contributed by atoms with Crippen molar-refractivity contribution in [2.24, 2.45) is 0 Å². The van der Waals surface area contributed by atoms with Crippen LogP contribution in [0.2, 0.25) is 0 Å².